The van der Waals surface area contributed by atoms with Crippen LogP contribution in [0.2, 0.25) is 0 Å². The van der Waals surface area contributed by atoms with Crippen LogP contribution in [-0.4, -0.2) is 15.6 Å². The molecule has 0 aliphatic carbocycles. The van der Waals surface area contributed by atoms with Gasteiger partial charge in [0, 0.05) is 18.0 Å². The van der Waals surface area contributed by atoms with Gasteiger partial charge in [0.15, 0.2) is 0 Å². The van der Waals surface area contributed by atoms with E-state index in [0.717, 1.165) is 22.0 Å². The molecule has 0 aliphatic rings. The summed E-state index contributed by atoms with van der Waals surface area (Å²) in [6.45, 7) is 7.03. The fraction of sp³-hybridized carbons (Fsp3) is 0.375. The Morgan fingerprint density at radius 3 is 2.30 bits per heavy atom. The average molecular weight is 273 g/mol. The zero-order valence-electron chi connectivity index (χ0n) is 12.4. The molecule has 0 radical (unpaired) electrons. The Labute approximate surface area is 117 Å². The maximum Gasteiger partial charge on any atom is 0.313 e. The van der Waals surface area contributed by atoms with E-state index in [9.17, 15) is 14.7 Å². The predicted molar refractivity (Wildman–Crippen MR) is 79.3 cm³/mol. The minimum Gasteiger partial charge on any atom is -0.481 e. The van der Waals surface area contributed by atoms with Crippen LogP contribution in [0.5, 0.6) is 0 Å². The van der Waals surface area contributed by atoms with Crippen molar-refractivity contribution in [1.29, 1.82) is 0 Å². The fourth-order valence-electron chi connectivity index (χ4n) is 2.50. The summed E-state index contributed by atoms with van der Waals surface area (Å²) in [5, 5.41) is 10.3. The van der Waals surface area contributed by atoms with Gasteiger partial charge in [-0.2, -0.15) is 0 Å². The van der Waals surface area contributed by atoms with Crippen molar-refractivity contribution in [2.45, 2.75) is 33.1 Å². The van der Waals surface area contributed by atoms with Crippen molar-refractivity contribution < 1.29 is 9.90 Å². The molecule has 0 saturated carbocycles. The van der Waals surface area contributed by atoms with Crippen LogP contribution in [0.15, 0.2) is 23.0 Å². The van der Waals surface area contributed by atoms with Gasteiger partial charge in [-0.3, -0.25) is 9.59 Å². The molecule has 20 heavy (non-hydrogen) atoms. The molecule has 1 aromatic heterocycles. The Balaban J connectivity index is 2.99. The maximum atomic E-state index is 12.5. The summed E-state index contributed by atoms with van der Waals surface area (Å²) in [4.78, 5) is 23.9. The second kappa shape index (κ2) is 4.47. The lowest BCUT2D eigenvalue weighted by Crippen LogP contribution is -2.37. The van der Waals surface area contributed by atoms with Crippen LogP contribution in [0.25, 0.3) is 10.9 Å². The third kappa shape index (κ3) is 1.92. The molecule has 1 N–H and O–H groups in total. The molecule has 0 atom stereocenters. The highest BCUT2D eigenvalue weighted by atomic mass is 16.4. The fourth-order valence-corrected chi connectivity index (χ4v) is 2.50. The molecular weight excluding hydrogens is 254 g/mol. The van der Waals surface area contributed by atoms with Crippen LogP contribution >= 0.6 is 0 Å². The van der Waals surface area contributed by atoms with Crippen molar-refractivity contribution in [3.63, 3.8) is 0 Å². The molecular formula is C16H19NO3. The summed E-state index contributed by atoms with van der Waals surface area (Å²) in [5.74, 6) is -1.00. The van der Waals surface area contributed by atoms with E-state index in [1.165, 1.54) is 0 Å². The third-order valence-corrected chi connectivity index (χ3v) is 4.00. The first-order chi connectivity index (χ1) is 9.17. The number of nitrogens with zero attached hydrogens (tertiary/aromatic N) is 1. The number of carbonyl (C=O) groups is 1. The molecule has 2 aromatic rings. The van der Waals surface area contributed by atoms with Gasteiger partial charge in [0.2, 0.25) is 0 Å². The molecule has 106 valence electrons. The highest BCUT2D eigenvalue weighted by Gasteiger charge is 2.33. The van der Waals surface area contributed by atoms with E-state index in [2.05, 4.69) is 0 Å². The van der Waals surface area contributed by atoms with E-state index in [-0.39, 0.29) is 5.56 Å². The standard InChI is InChI=1S/C16H19NO3/c1-9-6-7-10(2)13-11(9)8-12(14(18)17(13)5)16(3,4)15(19)20/h6-8H,1-5H3,(H,19,20). The van der Waals surface area contributed by atoms with Crippen LogP contribution in [0.1, 0.15) is 30.5 Å². The highest BCUT2D eigenvalue weighted by Crippen LogP contribution is 2.27. The second-order valence-corrected chi connectivity index (χ2v) is 5.81. The SMILES string of the molecule is Cc1ccc(C)c2c1cc(C(C)(C)C(=O)O)c(=O)n2C. The topological polar surface area (TPSA) is 59.3 Å². The Morgan fingerprint density at radius 1 is 1.20 bits per heavy atom. The summed E-state index contributed by atoms with van der Waals surface area (Å²) in [6.07, 6.45) is 0. The Kier molecular flexibility index (Phi) is 3.20. The zero-order valence-corrected chi connectivity index (χ0v) is 12.4. The van der Waals surface area contributed by atoms with Crippen molar-refractivity contribution in [3.05, 3.63) is 45.2 Å². The summed E-state index contributed by atoms with van der Waals surface area (Å²) in [7, 11) is 1.69. The average Bonchev–Trinajstić information content (AvgIpc) is 2.36. The van der Waals surface area contributed by atoms with Gasteiger partial charge in [-0.1, -0.05) is 12.1 Å². The normalized spacial score (nSPS) is 11.8. The summed E-state index contributed by atoms with van der Waals surface area (Å²) < 4.78 is 1.55. The summed E-state index contributed by atoms with van der Waals surface area (Å²) in [5.41, 5.74) is 1.75. The van der Waals surface area contributed by atoms with Crippen molar-refractivity contribution in [1.82, 2.24) is 4.57 Å². The van der Waals surface area contributed by atoms with E-state index >= 15 is 0 Å². The summed E-state index contributed by atoms with van der Waals surface area (Å²) in [6, 6.07) is 5.69. The van der Waals surface area contributed by atoms with E-state index in [1.807, 2.05) is 26.0 Å². The van der Waals surface area contributed by atoms with E-state index in [0.29, 0.717) is 5.56 Å². The van der Waals surface area contributed by atoms with Crippen LogP contribution < -0.4 is 5.56 Å². The number of hydrogen-bond donors (Lipinski definition) is 1. The molecule has 0 amide bonds. The van der Waals surface area contributed by atoms with Crippen LogP contribution in [0.3, 0.4) is 0 Å². The van der Waals surface area contributed by atoms with Gasteiger partial charge in [0.1, 0.15) is 0 Å². The number of aromatic nitrogens is 1. The summed E-state index contributed by atoms with van der Waals surface area (Å²) >= 11 is 0. The monoisotopic (exact) mass is 273 g/mol. The lowest BCUT2D eigenvalue weighted by molar-refractivity contribution is -0.142. The number of pyridine rings is 1. The molecule has 0 spiro atoms. The second-order valence-electron chi connectivity index (χ2n) is 5.81. The van der Waals surface area contributed by atoms with Gasteiger partial charge in [0.05, 0.1) is 10.9 Å². The zero-order chi connectivity index (χ0) is 15.2. The lowest BCUT2D eigenvalue weighted by atomic mass is 9.84. The van der Waals surface area contributed by atoms with Gasteiger partial charge >= 0.3 is 5.97 Å². The predicted octanol–water partition coefficient (Wildman–Crippen LogP) is 2.52. The Morgan fingerprint density at radius 2 is 1.75 bits per heavy atom. The van der Waals surface area contributed by atoms with Crippen molar-refractivity contribution in [3.8, 4) is 0 Å². The number of aryl methyl sites for hydroxylation is 3. The Bertz CT molecular complexity index is 769. The van der Waals surface area contributed by atoms with Crippen molar-refractivity contribution in [2.24, 2.45) is 7.05 Å². The van der Waals surface area contributed by atoms with Gasteiger partial charge in [-0.15, -0.1) is 0 Å². The first-order valence-corrected chi connectivity index (χ1v) is 6.51. The highest BCUT2D eigenvalue weighted by molar-refractivity contribution is 5.88. The minimum absolute atomic E-state index is 0.251. The molecule has 0 bridgehead atoms. The van der Waals surface area contributed by atoms with Crippen molar-refractivity contribution >= 4 is 16.9 Å². The molecule has 0 aliphatic heterocycles. The van der Waals surface area contributed by atoms with E-state index < -0.39 is 11.4 Å². The quantitative estimate of drug-likeness (QED) is 0.914. The third-order valence-electron chi connectivity index (χ3n) is 4.00. The van der Waals surface area contributed by atoms with Gasteiger partial charge in [0.25, 0.3) is 5.56 Å². The molecule has 1 heterocycles. The molecule has 0 fully saturated rings. The number of aliphatic carboxylic acids is 1. The first kappa shape index (κ1) is 14.3. The number of benzene rings is 1. The molecule has 4 heteroatoms. The number of carboxylic acids is 1. The molecule has 0 saturated heterocycles. The number of hydrogen-bond acceptors (Lipinski definition) is 2. The van der Waals surface area contributed by atoms with Gasteiger partial charge < -0.3 is 9.67 Å². The van der Waals surface area contributed by atoms with Crippen LogP contribution in [-0.2, 0) is 17.3 Å². The first-order valence-electron chi connectivity index (χ1n) is 6.51. The minimum atomic E-state index is -1.21. The molecule has 0 unspecified atom stereocenters. The van der Waals surface area contributed by atoms with Gasteiger partial charge in [-0.25, -0.2) is 0 Å². The lowest BCUT2D eigenvalue weighted by Gasteiger charge is -2.21. The number of carboxylic acid groups (broad SMARTS) is 1. The van der Waals surface area contributed by atoms with E-state index in [1.54, 1.807) is 31.5 Å². The molecule has 2 rings (SSSR count). The largest absolute Gasteiger partial charge is 0.481 e. The Hall–Kier alpha value is -2.10. The van der Waals surface area contributed by atoms with Gasteiger partial charge in [-0.05, 0) is 44.9 Å². The molecule has 4 nitrogen and oxygen atoms in total. The van der Waals surface area contributed by atoms with Crippen LogP contribution in [0, 0.1) is 13.8 Å². The van der Waals surface area contributed by atoms with Crippen LogP contribution in [0.4, 0.5) is 0 Å². The smallest absolute Gasteiger partial charge is 0.313 e. The molecule has 1 aromatic carbocycles. The van der Waals surface area contributed by atoms with Crippen molar-refractivity contribution in [2.75, 3.05) is 0 Å². The maximum absolute atomic E-state index is 12.5. The number of rotatable bonds is 2. The number of fused-ring (bicyclic) bond motifs is 1. The van der Waals surface area contributed by atoms with E-state index in [4.69, 9.17) is 0 Å².